The molecule has 1 aliphatic rings. The number of alkyl halides is 4. The number of hydrogen-bond donors (Lipinski definition) is 2. The van der Waals surface area contributed by atoms with Crippen LogP contribution in [-0.2, 0) is 9.59 Å². The molecule has 0 saturated carbocycles. The van der Waals surface area contributed by atoms with Gasteiger partial charge >= 0.3 is 11.9 Å². The van der Waals surface area contributed by atoms with Crippen molar-refractivity contribution in [3.8, 4) is 0 Å². The first kappa shape index (κ1) is 26.3. The van der Waals surface area contributed by atoms with Crippen LogP contribution >= 0.6 is 127 Å². The second-order valence-corrected chi connectivity index (χ2v) is 12.6. The molecule has 0 aromatic carbocycles. The molecule has 0 saturated heterocycles. The van der Waals surface area contributed by atoms with E-state index in [1.54, 1.807) is 0 Å². The van der Waals surface area contributed by atoms with Gasteiger partial charge in [0.15, 0.2) is 0 Å². The lowest BCUT2D eigenvalue weighted by Gasteiger charge is -2.49. The van der Waals surface area contributed by atoms with E-state index in [0.29, 0.717) is 19.6 Å². The minimum atomic E-state index is -1.75. The molecule has 0 heterocycles. The van der Waals surface area contributed by atoms with Crippen LogP contribution in [0.4, 0.5) is 0 Å². The number of carboxylic acid groups (broad SMARTS) is 2. The number of allylic oxidation sites excluding steroid dienone is 2. The Kier molecular flexibility index (Phi) is 10.6. The summed E-state index contributed by atoms with van der Waals surface area (Å²) in [7, 11) is 0. The summed E-state index contributed by atoms with van der Waals surface area (Å²) in [6.45, 7) is 0. The molecule has 0 spiro atoms. The first-order valence-electron chi connectivity index (χ1n) is 6.92. The molecule has 2 N–H and O–H groups in total. The summed E-state index contributed by atoms with van der Waals surface area (Å²) >= 11 is 27.2. The van der Waals surface area contributed by atoms with Gasteiger partial charge in [0.2, 0.25) is 0 Å². The summed E-state index contributed by atoms with van der Waals surface area (Å²) in [4.78, 5) is 24.8. The molecule has 0 amide bonds. The van der Waals surface area contributed by atoms with Crippen molar-refractivity contribution in [2.75, 3.05) is 10.7 Å². The van der Waals surface area contributed by atoms with Crippen LogP contribution in [0.25, 0.3) is 0 Å². The highest BCUT2D eigenvalue weighted by atomic mass is 79.9. The van der Waals surface area contributed by atoms with E-state index in [0.717, 1.165) is 0 Å². The van der Waals surface area contributed by atoms with E-state index in [4.69, 9.17) is 0 Å². The predicted molar refractivity (Wildman–Crippen MR) is 132 cm³/mol. The minimum absolute atomic E-state index is 0.0486. The number of hydrogen-bond acceptors (Lipinski definition) is 2. The van der Waals surface area contributed by atoms with Gasteiger partial charge in [-0.1, -0.05) is 95.6 Å². The van der Waals surface area contributed by atoms with Gasteiger partial charge in [-0.15, -0.1) is 0 Å². The highest BCUT2D eigenvalue weighted by Gasteiger charge is 2.68. The zero-order valence-corrected chi connectivity index (χ0v) is 25.4. The second kappa shape index (κ2) is 10.5. The molecular formula is C14H12Br8O4. The van der Waals surface area contributed by atoms with Crippen molar-refractivity contribution in [3.63, 3.8) is 0 Å². The van der Waals surface area contributed by atoms with Crippen LogP contribution in [0.1, 0.15) is 12.8 Å². The maximum absolute atomic E-state index is 12.7. The highest BCUT2D eigenvalue weighted by Crippen LogP contribution is 2.66. The van der Waals surface area contributed by atoms with Crippen molar-refractivity contribution in [1.29, 1.82) is 0 Å². The van der Waals surface area contributed by atoms with Crippen molar-refractivity contribution in [1.82, 2.24) is 0 Å². The summed E-state index contributed by atoms with van der Waals surface area (Å²) in [6, 6.07) is 0. The topological polar surface area (TPSA) is 74.6 Å². The average Bonchev–Trinajstić information content (AvgIpc) is 2.59. The molecule has 0 aromatic rings. The molecular weight excluding hydrogens is 871 g/mol. The van der Waals surface area contributed by atoms with Crippen molar-refractivity contribution < 1.29 is 19.8 Å². The summed E-state index contributed by atoms with van der Waals surface area (Å²) in [5.74, 6) is -2.44. The largest absolute Gasteiger partial charge is 0.481 e. The van der Waals surface area contributed by atoms with Crippen LogP contribution in [0.5, 0.6) is 0 Å². The van der Waals surface area contributed by atoms with E-state index < -0.39 is 22.8 Å². The average molecular weight is 883 g/mol. The van der Waals surface area contributed by atoms with Crippen molar-refractivity contribution in [3.05, 3.63) is 17.9 Å². The Morgan fingerprint density at radius 1 is 0.769 bits per heavy atom. The van der Waals surface area contributed by atoms with E-state index in [-0.39, 0.29) is 31.5 Å². The van der Waals surface area contributed by atoms with Gasteiger partial charge < -0.3 is 10.2 Å². The zero-order chi connectivity index (χ0) is 20.4. The van der Waals surface area contributed by atoms with Gasteiger partial charge in [-0.2, -0.15) is 0 Å². The molecule has 0 radical (unpaired) electrons. The van der Waals surface area contributed by atoms with Crippen LogP contribution in [-0.4, -0.2) is 42.5 Å². The maximum Gasteiger partial charge on any atom is 0.316 e. The van der Waals surface area contributed by atoms with Crippen LogP contribution in [0.15, 0.2) is 17.9 Å². The molecule has 148 valence electrons. The molecule has 26 heavy (non-hydrogen) atoms. The third kappa shape index (κ3) is 4.46. The van der Waals surface area contributed by atoms with Crippen molar-refractivity contribution in [2.45, 2.75) is 22.5 Å². The number of halogens is 8. The van der Waals surface area contributed by atoms with Crippen molar-refractivity contribution >= 4 is 139 Å². The van der Waals surface area contributed by atoms with Crippen LogP contribution < -0.4 is 0 Å². The van der Waals surface area contributed by atoms with E-state index >= 15 is 0 Å². The maximum atomic E-state index is 12.7. The Labute approximate surface area is 218 Å². The lowest BCUT2D eigenvalue weighted by Crippen LogP contribution is -2.57. The molecule has 4 nitrogen and oxygen atoms in total. The quantitative estimate of drug-likeness (QED) is 0.253. The molecule has 4 atom stereocenters. The number of carbonyl (C=O) groups is 2. The van der Waals surface area contributed by atoms with Crippen LogP contribution in [0.3, 0.4) is 0 Å². The van der Waals surface area contributed by atoms with E-state index in [1.807, 2.05) is 0 Å². The molecule has 1 aliphatic carbocycles. The van der Waals surface area contributed by atoms with Gasteiger partial charge in [-0.25, -0.2) is 0 Å². The number of carboxylic acids is 2. The van der Waals surface area contributed by atoms with Crippen LogP contribution in [0.2, 0.25) is 0 Å². The lowest BCUT2D eigenvalue weighted by atomic mass is 9.57. The molecule has 12 heteroatoms. The zero-order valence-electron chi connectivity index (χ0n) is 12.7. The fraction of sp³-hybridized carbons (Fsp3) is 0.571. The van der Waals surface area contributed by atoms with Gasteiger partial charge in [-0.3, -0.25) is 9.59 Å². The van der Waals surface area contributed by atoms with Gasteiger partial charge in [0.05, 0.1) is 0 Å². The Morgan fingerprint density at radius 2 is 1.04 bits per heavy atom. The van der Waals surface area contributed by atoms with Crippen molar-refractivity contribution in [2.24, 2.45) is 10.8 Å². The first-order valence-corrected chi connectivity index (χ1v) is 14.2. The Balaban J connectivity index is 3.98. The molecule has 1 rings (SSSR count). The van der Waals surface area contributed by atoms with E-state index in [9.17, 15) is 19.8 Å². The fourth-order valence-electron chi connectivity index (χ4n) is 2.97. The molecule has 0 aliphatic heterocycles. The molecule has 0 aromatic heterocycles. The SMILES string of the molecule is O=C(O)C1(CC(Br)CBr)C(Br)=C(Br)C(Br)=C(Br)C1(CC(Br)CBr)C(=O)O. The predicted octanol–water partition coefficient (Wildman–Crippen LogP) is 7.24. The number of aliphatic carboxylic acids is 2. The Hall–Kier alpha value is 2.26. The summed E-state index contributed by atoms with van der Waals surface area (Å²) < 4.78 is 1.47. The molecule has 0 bridgehead atoms. The molecule has 0 fully saturated rings. The third-order valence-corrected chi connectivity index (χ3v) is 14.1. The summed E-state index contributed by atoms with van der Waals surface area (Å²) in [6.07, 6.45) is 0.0971. The van der Waals surface area contributed by atoms with Gasteiger partial charge in [0.1, 0.15) is 10.8 Å². The number of rotatable bonds is 8. The summed E-state index contributed by atoms with van der Waals surface area (Å²) in [5.41, 5.74) is -3.49. The van der Waals surface area contributed by atoms with E-state index in [1.165, 1.54) is 0 Å². The first-order chi connectivity index (χ1) is 11.9. The normalized spacial score (nSPS) is 28.9. The monoisotopic (exact) mass is 875 g/mol. The lowest BCUT2D eigenvalue weighted by molar-refractivity contribution is -0.167. The second-order valence-electron chi connectivity index (χ2n) is 5.59. The third-order valence-electron chi connectivity index (χ3n) is 4.18. The van der Waals surface area contributed by atoms with Gasteiger partial charge in [0, 0.05) is 38.2 Å². The van der Waals surface area contributed by atoms with Gasteiger partial charge in [0.25, 0.3) is 0 Å². The van der Waals surface area contributed by atoms with E-state index in [2.05, 4.69) is 127 Å². The van der Waals surface area contributed by atoms with Gasteiger partial charge in [-0.05, 0) is 44.7 Å². The Morgan fingerprint density at radius 3 is 1.23 bits per heavy atom. The smallest absolute Gasteiger partial charge is 0.316 e. The standard InChI is InChI=1S/C14H12Br8O4/c15-3-5(17)1-13(11(23)24)9(21)7(19)8(20)10(22)14(13,12(25)26)2-6(18)4-16/h5-6H,1-4H2,(H,23,24)(H,25,26). The molecule has 4 unspecified atom stereocenters. The fourth-order valence-corrected chi connectivity index (χ4v) is 7.74. The minimum Gasteiger partial charge on any atom is -0.481 e. The van der Waals surface area contributed by atoms with Crippen LogP contribution in [0, 0.1) is 10.8 Å². The highest BCUT2D eigenvalue weighted by molar-refractivity contribution is 9.17. The summed E-state index contributed by atoms with van der Waals surface area (Å²) in [5, 5.41) is 21.6. The Bertz CT molecular complexity index is 607.